The number of hydrogen-bond donors (Lipinski definition) is 1. The number of nitrogens with one attached hydrogen (secondary N) is 1. The van der Waals surface area contributed by atoms with E-state index in [1.54, 1.807) is 35.4 Å². The Balaban J connectivity index is 1.43. The zero-order valence-corrected chi connectivity index (χ0v) is 20.4. The first-order chi connectivity index (χ1) is 16.4. The molecule has 3 heterocycles. The second-order valence-electron chi connectivity index (χ2n) is 9.52. The van der Waals surface area contributed by atoms with Crippen LogP contribution < -0.4 is 10.2 Å². The largest absolute Gasteiger partial charge is 0.371 e. The molecule has 1 amide bonds. The van der Waals surface area contributed by atoms with Gasteiger partial charge in [0.05, 0.1) is 11.5 Å². The van der Waals surface area contributed by atoms with Gasteiger partial charge in [-0.05, 0) is 66.5 Å². The van der Waals surface area contributed by atoms with Crippen LogP contribution in [0.25, 0.3) is 11.1 Å². The van der Waals surface area contributed by atoms with Gasteiger partial charge < -0.3 is 15.1 Å². The standard InChI is InChI=1S/C28H30FN3OS/c1-19-30-28(2,25-16-22(18-34-25)20-8-5-4-6-9-20)26(27(33)31(19)3)21-12-14-32(15-13-21)24-11-7-10-23(29)17-24/h4-11,16-18,21,26,30H,1,12-15H2,2-3H3/t26-,28+/m0/s1. The van der Waals surface area contributed by atoms with Gasteiger partial charge in [-0.15, -0.1) is 11.3 Å². The fourth-order valence-corrected chi connectivity index (χ4v) is 6.57. The Labute approximate surface area is 204 Å². The molecule has 2 atom stereocenters. The number of amides is 1. The Morgan fingerprint density at radius 1 is 1.06 bits per heavy atom. The first-order valence-corrected chi connectivity index (χ1v) is 12.6. The van der Waals surface area contributed by atoms with Crippen molar-refractivity contribution >= 4 is 22.9 Å². The summed E-state index contributed by atoms with van der Waals surface area (Å²) in [5.74, 6) is 0.541. The number of halogens is 1. The monoisotopic (exact) mass is 475 g/mol. The van der Waals surface area contributed by atoms with E-state index in [1.807, 2.05) is 24.3 Å². The average Bonchev–Trinajstić information content (AvgIpc) is 3.35. The summed E-state index contributed by atoms with van der Waals surface area (Å²) in [6.07, 6.45) is 1.75. The number of rotatable bonds is 4. The van der Waals surface area contributed by atoms with E-state index < -0.39 is 5.54 Å². The normalized spacial score (nSPS) is 23.8. The van der Waals surface area contributed by atoms with E-state index in [2.05, 4.69) is 47.3 Å². The molecule has 4 nitrogen and oxygen atoms in total. The van der Waals surface area contributed by atoms with Gasteiger partial charge in [-0.3, -0.25) is 4.79 Å². The fraction of sp³-hybridized carbons (Fsp3) is 0.321. The molecule has 0 spiro atoms. The van der Waals surface area contributed by atoms with Crippen molar-refractivity contribution in [2.24, 2.45) is 11.8 Å². The maximum absolute atomic E-state index is 13.7. The molecule has 2 aliphatic rings. The fourth-order valence-electron chi connectivity index (χ4n) is 5.49. The summed E-state index contributed by atoms with van der Waals surface area (Å²) in [4.78, 5) is 18.7. The highest BCUT2D eigenvalue weighted by Crippen LogP contribution is 2.46. The van der Waals surface area contributed by atoms with Gasteiger partial charge in [0.15, 0.2) is 0 Å². The Morgan fingerprint density at radius 2 is 1.79 bits per heavy atom. The van der Waals surface area contributed by atoms with Crippen LogP contribution in [0.1, 0.15) is 24.6 Å². The predicted octanol–water partition coefficient (Wildman–Crippen LogP) is 5.84. The number of piperidine rings is 1. The molecule has 1 aromatic heterocycles. The highest BCUT2D eigenvalue weighted by Gasteiger charge is 2.51. The minimum Gasteiger partial charge on any atom is -0.371 e. The molecule has 1 N–H and O–H groups in total. The first-order valence-electron chi connectivity index (χ1n) is 11.8. The molecule has 5 rings (SSSR count). The van der Waals surface area contributed by atoms with Crippen LogP contribution in [-0.2, 0) is 10.3 Å². The van der Waals surface area contributed by atoms with Gasteiger partial charge in [-0.25, -0.2) is 4.39 Å². The van der Waals surface area contributed by atoms with Crippen molar-refractivity contribution in [1.82, 2.24) is 10.2 Å². The number of hydrogen-bond acceptors (Lipinski definition) is 4. The predicted molar refractivity (Wildman–Crippen MR) is 137 cm³/mol. The smallest absolute Gasteiger partial charge is 0.233 e. The van der Waals surface area contributed by atoms with E-state index >= 15 is 0 Å². The van der Waals surface area contributed by atoms with Crippen LogP contribution in [0, 0.1) is 17.7 Å². The number of carbonyl (C=O) groups is 1. The van der Waals surface area contributed by atoms with E-state index in [4.69, 9.17) is 0 Å². The Morgan fingerprint density at radius 3 is 2.50 bits per heavy atom. The third kappa shape index (κ3) is 4.00. The lowest BCUT2D eigenvalue weighted by Crippen LogP contribution is -2.61. The van der Waals surface area contributed by atoms with E-state index in [0.29, 0.717) is 5.82 Å². The summed E-state index contributed by atoms with van der Waals surface area (Å²) in [6, 6.07) is 19.3. The van der Waals surface area contributed by atoms with Gasteiger partial charge in [0, 0.05) is 30.7 Å². The third-order valence-corrected chi connectivity index (χ3v) is 8.60. The van der Waals surface area contributed by atoms with Crippen LogP contribution in [0.5, 0.6) is 0 Å². The molecule has 0 saturated carbocycles. The molecule has 0 unspecified atom stereocenters. The van der Waals surface area contributed by atoms with Crippen LogP contribution in [0.2, 0.25) is 0 Å². The van der Waals surface area contributed by atoms with Crippen molar-refractivity contribution in [3.05, 3.63) is 89.1 Å². The molecule has 2 aromatic carbocycles. The van der Waals surface area contributed by atoms with Crippen LogP contribution in [0.3, 0.4) is 0 Å². The van der Waals surface area contributed by atoms with E-state index in [0.717, 1.165) is 36.5 Å². The highest BCUT2D eigenvalue weighted by atomic mass is 32.1. The van der Waals surface area contributed by atoms with Gasteiger partial charge in [0.25, 0.3) is 0 Å². The number of carbonyl (C=O) groups excluding carboxylic acids is 1. The molecule has 2 aliphatic heterocycles. The lowest BCUT2D eigenvalue weighted by molar-refractivity contribution is -0.142. The maximum Gasteiger partial charge on any atom is 0.233 e. The molecule has 3 aromatic rings. The van der Waals surface area contributed by atoms with E-state index in [-0.39, 0.29) is 23.6 Å². The van der Waals surface area contributed by atoms with Crippen LogP contribution in [-0.4, -0.2) is 30.9 Å². The molecule has 0 aliphatic carbocycles. The number of thiophene rings is 1. The van der Waals surface area contributed by atoms with Crippen LogP contribution >= 0.6 is 11.3 Å². The Bertz CT molecular complexity index is 1200. The molecule has 176 valence electrons. The van der Waals surface area contributed by atoms with Crippen LogP contribution in [0.4, 0.5) is 10.1 Å². The second kappa shape index (κ2) is 8.91. The number of anilines is 1. The Hall–Kier alpha value is -3.12. The van der Waals surface area contributed by atoms with Crippen molar-refractivity contribution in [2.45, 2.75) is 25.3 Å². The van der Waals surface area contributed by atoms with Crippen molar-refractivity contribution < 1.29 is 9.18 Å². The van der Waals surface area contributed by atoms with Gasteiger partial charge in [-0.1, -0.05) is 43.0 Å². The summed E-state index contributed by atoms with van der Waals surface area (Å²) in [5, 5.41) is 5.78. The zero-order valence-electron chi connectivity index (χ0n) is 19.6. The number of nitrogens with zero attached hydrogens (tertiary/aromatic N) is 2. The van der Waals surface area contributed by atoms with Crippen molar-refractivity contribution in [2.75, 3.05) is 25.0 Å². The van der Waals surface area contributed by atoms with Gasteiger partial charge >= 0.3 is 0 Å². The summed E-state index contributed by atoms with van der Waals surface area (Å²) in [5.41, 5.74) is 2.71. The molecular formula is C28H30FN3OS. The topological polar surface area (TPSA) is 35.6 Å². The lowest BCUT2D eigenvalue weighted by atomic mass is 9.70. The molecule has 2 fully saturated rings. The molecule has 0 bridgehead atoms. The van der Waals surface area contributed by atoms with Crippen molar-refractivity contribution in [1.29, 1.82) is 0 Å². The molecule has 0 radical (unpaired) electrons. The molecule has 34 heavy (non-hydrogen) atoms. The second-order valence-corrected chi connectivity index (χ2v) is 10.4. The third-order valence-electron chi connectivity index (χ3n) is 7.43. The quantitative estimate of drug-likeness (QED) is 0.515. The lowest BCUT2D eigenvalue weighted by Gasteiger charge is -2.50. The summed E-state index contributed by atoms with van der Waals surface area (Å²) in [7, 11) is 1.80. The highest BCUT2D eigenvalue weighted by molar-refractivity contribution is 7.10. The summed E-state index contributed by atoms with van der Waals surface area (Å²) < 4.78 is 13.7. The zero-order chi connectivity index (χ0) is 23.9. The SMILES string of the molecule is C=C1N[C@](C)(c2cc(-c3ccccc3)cs2)[C@@H](C2CCN(c3cccc(F)c3)CC2)C(=O)N1C. The summed E-state index contributed by atoms with van der Waals surface area (Å²) >= 11 is 1.70. The maximum atomic E-state index is 13.7. The van der Waals surface area contributed by atoms with Gasteiger partial charge in [0.2, 0.25) is 5.91 Å². The first kappa shape index (κ1) is 22.7. The van der Waals surface area contributed by atoms with Gasteiger partial charge in [0.1, 0.15) is 11.6 Å². The van der Waals surface area contributed by atoms with Gasteiger partial charge in [-0.2, -0.15) is 0 Å². The number of benzene rings is 2. The minimum absolute atomic E-state index is 0.116. The average molecular weight is 476 g/mol. The molecule has 2 saturated heterocycles. The molecule has 6 heteroatoms. The van der Waals surface area contributed by atoms with E-state index in [9.17, 15) is 9.18 Å². The molecular weight excluding hydrogens is 445 g/mol. The summed E-state index contributed by atoms with van der Waals surface area (Å²) in [6.45, 7) is 7.88. The van der Waals surface area contributed by atoms with Crippen molar-refractivity contribution in [3.8, 4) is 11.1 Å². The van der Waals surface area contributed by atoms with Crippen molar-refractivity contribution in [3.63, 3.8) is 0 Å². The van der Waals surface area contributed by atoms with E-state index in [1.165, 1.54) is 17.2 Å². The van der Waals surface area contributed by atoms with Crippen LogP contribution in [0.15, 0.2) is 78.4 Å². The minimum atomic E-state index is -0.538. The Kier molecular flexibility index (Phi) is 5.94.